The minimum atomic E-state index is 0.357. The van der Waals surface area contributed by atoms with Gasteiger partial charge in [-0.2, -0.15) is 5.26 Å². The average Bonchev–Trinajstić information content (AvgIpc) is 2.55. The second-order valence-electron chi connectivity index (χ2n) is 5.05. The summed E-state index contributed by atoms with van der Waals surface area (Å²) in [7, 11) is 2.10. The van der Waals surface area contributed by atoms with E-state index in [1.165, 1.54) is 5.56 Å². The molecule has 3 nitrogen and oxygen atoms in total. The molecule has 0 fully saturated rings. The van der Waals surface area contributed by atoms with Crippen LogP contribution in [-0.2, 0) is 0 Å². The van der Waals surface area contributed by atoms with Crippen molar-refractivity contribution in [2.45, 2.75) is 13.0 Å². The Kier molecular flexibility index (Phi) is 5.36. The van der Waals surface area contributed by atoms with Crippen molar-refractivity contribution in [1.82, 2.24) is 4.90 Å². The molecular weight excluding hydrogens is 260 g/mol. The molecule has 2 aromatic rings. The molecule has 0 saturated carbocycles. The summed E-state index contributed by atoms with van der Waals surface area (Å²) in [5.74, 6) is 0.801. The SMILES string of the molecule is C[C@H](c1ccccc1)N(C)CCOc1ccc(C#N)cc1. The summed E-state index contributed by atoms with van der Waals surface area (Å²) in [6.45, 7) is 3.66. The molecule has 0 amide bonds. The van der Waals surface area contributed by atoms with Crippen LogP contribution in [0, 0.1) is 11.3 Å². The second-order valence-corrected chi connectivity index (χ2v) is 5.05. The van der Waals surface area contributed by atoms with Gasteiger partial charge in [0.15, 0.2) is 0 Å². The lowest BCUT2D eigenvalue weighted by molar-refractivity contribution is 0.201. The van der Waals surface area contributed by atoms with Crippen molar-refractivity contribution < 1.29 is 4.74 Å². The standard InChI is InChI=1S/C18H20N2O/c1-15(17-6-4-3-5-7-17)20(2)12-13-21-18-10-8-16(14-19)9-11-18/h3-11,15H,12-13H2,1-2H3/t15-/m1/s1. The van der Waals surface area contributed by atoms with Gasteiger partial charge in [0, 0.05) is 12.6 Å². The summed E-state index contributed by atoms with van der Waals surface area (Å²) in [5.41, 5.74) is 1.95. The molecular formula is C18H20N2O. The first kappa shape index (κ1) is 15.1. The Balaban J connectivity index is 1.81. The first-order valence-electron chi connectivity index (χ1n) is 7.09. The zero-order valence-electron chi connectivity index (χ0n) is 12.5. The van der Waals surface area contributed by atoms with E-state index in [1.807, 2.05) is 18.2 Å². The Morgan fingerprint density at radius 2 is 1.76 bits per heavy atom. The Morgan fingerprint density at radius 1 is 1.10 bits per heavy atom. The predicted octanol–water partition coefficient (Wildman–Crippen LogP) is 3.63. The van der Waals surface area contributed by atoms with Gasteiger partial charge in [-0.3, -0.25) is 4.90 Å². The highest BCUT2D eigenvalue weighted by Gasteiger charge is 2.10. The van der Waals surface area contributed by atoms with Gasteiger partial charge < -0.3 is 4.74 Å². The van der Waals surface area contributed by atoms with Crippen molar-refractivity contribution in [2.24, 2.45) is 0 Å². The summed E-state index contributed by atoms with van der Waals surface area (Å²) >= 11 is 0. The fourth-order valence-electron chi connectivity index (χ4n) is 2.11. The lowest BCUT2D eigenvalue weighted by Gasteiger charge is -2.25. The molecule has 0 N–H and O–H groups in total. The molecule has 0 aromatic heterocycles. The van der Waals surface area contributed by atoms with Crippen LogP contribution in [0.25, 0.3) is 0 Å². The van der Waals surface area contributed by atoms with E-state index in [2.05, 4.69) is 49.2 Å². The lowest BCUT2D eigenvalue weighted by Crippen LogP contribution is -2.27. The molecule has 21 heavy (non-hydrogen) atoms. The number of nitrogens with zero attached hydrogens (tertiary/aromatic N) is 2. The van der Waals surface area contributed by atoms with Gasteiger partial charge in [-0.1, -0.05) is 30.3 Å². The average molecular weight is 280 g/mol. The van der Waals surface area contributed by atoms with E-state index in [9.17, 15) is 0 Å². The van der Waals surface area contributed by atoms with Gasteiger partial charge >= 0.3 is 0 Å². The van der Waals surface area contributed by atoms with E-state index < -0.39 is 0 Å². The molecule has 0 saturated heterocycles. The monoisotopic (exact) mass is 280 g/mol. The van der Waals surface area contributed by atoms with Crippen LogP contribution in [-0.4, -0.2) is 25.1 Å². The quantitative estimate of drug-likeness (QED) is 0.810. The van der Waals surface area contributed by atoms with Gasteiger partial charge in [0.25, 0.3) is 0 Å². The minimum Gasteiger partial charge on any atom is -0.492 e. The Bertz CT molecular complexity index is 587. The highest BCUT2D eigenvalue weighted by atomic mass is 16.5. The molecule has 3 heteroatoms. The van der Waals surface area contributed by atoms with Crippen LogP contribution in [0.15, 0.2) is 54.6 Å². The fraction of sp³-hybridized carbons (Fsp3) is 0.278. The number of hydrogen-bond acceptors (Lipinski definition) is 3. The number of hydrogen-bond donors (Lipinski definition) is 0. The van der Waals surface area contributed by atoms with E-state index in [0.717, 1.165) is 12.3 Å². The number of ether oxygens (including phenoxy) is 1. The fourth-order valence-corrected chi connectivity index (χ4v) is 2.11. The van der Waals surface area contributed by atoms with E-state index >= 15 is 0 Å². The lowest BCUT2D eigenvalue weighted by atomic mass is 10.1. The van der Waals surface area contributed by atoms with Gasteiger partial charge in [0.2, 0.25) is 0 Å². The molecule has 0 aliphatic heterocycles. The molecule has 0 radical (unpaired) electrons. The minimum absolute atomic E-state index is 0.357. The maximum absolute atomic E-state index is 8.75. The Morgan fingerprint density at radius 3 is 2.38 bits per heavy atom. The second kappa shape index (κ2) is 7.47. The summed E-state index contributed by atoms with van der Waals surface area (Å²) in [4.78, 5) is 2.26. The van der Waals surface area contributed by atoms with E-state index in [1.54, 1.807) is 12.1 Å². The van der Waals surface area contributed by atoms with Crippen molar-refractivity contribution in [3.8, 4) is 11.8 Å². The van der Waals surface area contributed by atoms with Gasteiger partial charge in [-0.25, -0.2) is 0 Å². The molecule has 2 aromatic carbocycles. The zero-order chi connectivity index (χ0) is 15.1. The van der Waals surface area contributed by atoms with Crippen LogP contribution >= 0.6 is 0 Å². The smallest absolute Gasteiger partial charge is 0.119 e. The van der Waals surface area contributed by atoms with Gasteiger partial charge in [-0.05, 0) is 43.8 Å². The molecule has 0 aliphatic carbocycles. The number of rotatable bonds is 6. The number of nitriles is 1. The first-order chi connectivity index (χ1) is 10.2. The molecule has 2 rings (SSSR count). The highest BCUT2D eigenvalue weighted by Crippen LogP contribution is 2.18. The number of likely N-dealkylation sites (N-methyl/N-ethyl adjacent to an activating group) is 1. The molecule has 0 spiro atoms. The normalized spacial score (nSPS) is 11.9. The highest BCUT2D eigenvalue weighted by molar-refractivity contribution is 5.34. The van der Waals surface area contributed by atoms with Crippen LogP contribution in [0.4, 0.5) is 0 Å². The van der Waals surface area contributed by atoms with Crippen LogP contribution in [0.2, 0.25) is 0 Å². The van der Waals surface area contributed by atoms with Crippen molar-refractivity contribution in [2.75, 3.05) is 20.2 Å². The summed E-state index contributed by atoms with van der Waals surface area (Å²) in [6.07, 6.45) is 0. The van der Waals surface area contributed by atoms with Gasteiger partial charge in [0.1, 0.15) is 12.4 Å². The van der Waals surface area contributed by atoms with E-state index in [-0.39, 0.29) is 0 Å². The third-order valence-electron chi connectivity index (χ3n) is 3.64. The van der Waals surface area contributed by atoms with Crippen molar-refractivity contribution in [3.05, 3.63) is 65.7 Å². The third kappa shape index (κ3) is 4.34. The first-order valence-corrected chi connectivity index (χ1v) is 7.09. The van der Waals surface area contributed by atoms with E-state index in [0.29, 0.717) is 18.2 Å². The molecule has 108 valence electrons. The molecule has 0 aliphatic rings. The largest absolute Gasteiger partial charge is 0.492 e. The third-order valence-corrected chi connectivity index (χ3v) is 3.64. The van der Waals surface area contributed by atoms with Crippen molar-refractivity contribution in [3.63, 3.8) is 0 Å². The van der Waals surface area contributed by atoms with Crippen molar-refractivity contribution >= 4 is 0 Å². The Hall–Kier alpha value is -2.31. The van der Waals surface area contributed by atoms with Crippen LogP contribution in [0.1, 0.15) is 24.1 Å². The molecule has 0 heterocycles. The Labute approximate surface area is 126 Å². The molecule has 1 atom stereocenters. The zero-order valence-corrected chi connectivity index (χ0v) is 12.5. The maximum Gasteiger partial charge on any atom is 0.119 e. The van der Waals surface area contributed by atoms with Gasteiger partial charge in [0.05, 0.1) is 11.6 Å². The van der Waals surface area contributed by atoms with Gasteiger partial charge in [-0.15, -0.1) is 0 Å². The molecule has 0 bridgehead atoms. The summed E-state index contributed by atoms with van der Waals surface area (Å²) < 4.78 is 5.71. The molecule has 0 unspecified atom stereocenters. The number of benzene rings is 2. The van der Waals surface area contributed by atoms with Crippen molar-refractivity contribution in [1.29, 1.82) is 5.26 Å². The van der Waals surface area contributed by atoms with Crippen LogP contribution in [0.5, 0.6) is 5.75 Å². The van der Waals surface area contributed by atoms with Crippen LogP contribution in [0.3, 0.4) is 0 Å². The predicted molar refractivity (Wildman–Crippen MR) is 84.1 cm³/mol. The summed E-state index contributed by atoms with van der Waals surface area (Å²) in [5, 5.41) is 8.75. The summed E-state index contributed by atoms with van der Waals surface area (Å²) in [6, 6.07) is 20.1. The maximum atomic E-state index is 8.75. The topological polar surface area (TPSA) is 36.3 Å². The van der Waals surface area contributed by atoms with Crippen LogP contribution < -0.4 is 4.74 Å². The van der Waals surface area contributed by atoms with E-state index in [4.69, 9.17) is 10.00 Å².